The van der Waals surface area contributed by atoms with Crippen LogP contribution in [0, 0.1) is 6.92 Å². The highest BCUT2D eigenvalue weighted by Crippen LogP contribution is 2.27. The Balaban J connectivity index is 1.64. The lowest BCUT2D eigenvalue weighted by Gasteiger charge is -2.09. The number of nitrogens with zero attached hydrogens (tertiary/aromatic N) is 1. The van der Waals surface area contributed by atoms with Crippen LogP contribution in [-0.2, 0) is 13.1 Å². The van der Waals surface area contributed by atoms with Crippen LogP contribution in [-0.4, -0.2) is 17.6 Å². The van der Waals surface area contributed by atoms with Crippen molar-refractivity contribution in [3.8, 4) is 5.75 Å². The molecular weight excluding hydrogens is 368 g/mol. The molecule has 0 aliphatic carbocycles. The van der Waals surface area contributed by atoms with Crippen LogP contribution in [0.4, 0.5) is 0 Å². The molecule has 1 amide bonds. The summed E-state index contributed by atoms with van der Waals surface area (Å²) in [6, 6.07) is 20.0. The number of nitrogens with one attached hydrogen (secondary N) is 1. The van der Waals surface area contributed by atoms with Crippen molar-refractivity contribution in [1.29, 1.82) is 0 Å². The van der Waals surface area contributed by atoms with Gasteiger partial charge in [-0.15, -0.1) is 11.3 Å². The molecular formula is C23H22N2O2S. The van der Waals surface area contributed by atoms with Crippen molar-refractivity contribution in [1.82, 2.24) is 9.88 Å². The standard InChI is InChI=1S/C23H22N2O2S/c1-16-22(23(26)24-14-17-7-5-8-18(13-17)27-2)20-10-3-4-11-21(20)25(16)15-19-9-6-12-28-19/h3-13H,14-15H2,1-2H3,(H,24,26). The van der Waals surface area contributed by atoms with E-state index in [2.05, 4.69) is 33.5 Å². The lowest BCUT2D eigenvalue weighted by atomic mass is 10.1. The number of thiophene rings is 1. The van der Waals surface area contributed by atoms with Gasteiger partial charge in [-0.2, -0.15) is 0 Å². The molecule has 0 fully saturated rings. The zero-order valence-electron chi connectivity index (χ0n) is 15.9. The number of amides is 1. The Morgan fingerprint density at radius 2 is 1.96 bits per heavy atom. The predicted molar refractivity (Wildman–Crippen MR) is 114 cm³/mol. The summed E-state index contributed by atoms with van der Waals surface area (Å²) in [6.07, 6.45) is 0. The van der Waals surface area contributed by atoms with Gasteiger partial charge in [0.05, 0.1) is 19.2 Å². The molecule has 2 heterocycles. The van der Waals surface area contributed by atoms with Gasteiger partial charge in [-0.3, -0.25) is 4.79 Å². The Bertz CT molecular complexity index is 1110. The van der Waals surface area contributed by atoms with E-state index in [0.29, 0.717) is 6.54 Å². The molecule has 0 radical (unpaired) electrons. The molecule has 0 saturated carbocycles. The van der Waals surface area contributed by atoms with Crippen LogP contribution >= 0.6 is 11.3 Å². The first-order valence-corrected chi connectivity index (χ1v) is 10.1. The number of rotatable bonds is 6. The van der Waals surface area contributed by atoms with Crippen LogP contribution in [0.2, 0.25) is 0 Å². The second-order valence-electron chi connectivity index (χ2n) is 6.68. The van der Waals surface area contributed by atoms with Gasteiger partial charge in [-0.1, -0.05) is 36.4 Å². The number of hydrogen-bond donors (Lipinski definition) is 1. The third-order valence-corrected chi connectivity index (χ3v) is 5.80. The molecule has 5 heteroatoms. The lowest BCUT2D eigenvalue weighted by Crippen LogP contribution is -2.23. The van der Waals surface area contributed by atoms with Crippen LogP contribution in [0.15, 0.2) is 66.0 Å². The smallest absolute Gasteiger partial charge is 0.254 e. The molecule has 1 N–H and O–H groups in total. The summed E-state index contributed by atoms with van der Waals surface area (Å²) < 4.78 is 7.49. The highest BCUT2D eigenvalue weighted by atomic mass is 32.1. The molecule has 4 aromatic rings. The van der Waals surface area contributed by atoms with Gasteiger partial charge in [-0.25, -0.2) is 0 Å². The molecule has 0 unspecified atom stereocenters. The van der Waals surface area contributed by atoms with Crippen molar-refractivity contribution < 1.29 is 9.53 Å². The highest BCUT2D eigenvalue weighted by molar-refractivity contribution is 7.09. The lowest BCUT2D eigenvalue weighted by molar-refractivity contribution is 0.0951. The van der Waals surface area contributed by atoms with E-state index in [0.717, 1.165) is 40.0 Å². The van der Waals surface area contributed by atoms with Gasteiger partial charge in [0.15, 0.2) is 0 Å². The summed E-state index contributed by atoms with van der Waals surface area (Å²) in [5.41, 5.74) is 3.82. The molecule has 0 aliphatic heterocycles. The summed E-state index contributed by atoms with van der Waals surface area (Å²) in [5.74, 6) is 0.733. The number of carbonyl (C=O) groups excluding carboxylic acids is 1. The highest BCUT2D eigenvalue weighted by Gasteiger charge is 2.19. The molecule has 4 rings (SSSR count). The van der Waals surface area contributed by atoms with E-state index in [1.165, 1.54) is 4.88 Å². The van der Waals surface area contributed by atoms with E-state index < -0.39 is 0 Å². The van der Waals surface area contributed by atoms with Gasteiger partial charge in [-0.05, 0) is 42.1 Å². The van der Waals surface area contributed by atoms with Gasteiger partial charge < -0.3 is 14.6 Å². The van der Waals surface area contributed by atoms with E-state index in [9.17, 15) is 4.79 Å². The largest absolute Gasteiger partial charge is 0.497 e. The fraction of sp³-hybridized carbons (Fsp3) is 0.174. The fourth-order valence-electron chi connectivity index (χ4n) is 3.53. The van der Waals surface area contributed by atoms with Crippen molar-refractivity contribution in [2.45, 2.75) is 20.0 Å². The number of fused-ring (bicyclic) bond motifs is 1. The van der Waals surface area contributed by atoms with E-state index >= 15 is 0 Å². The molecule has 28 heavy (non-hydrogen) atoms. The van der Waals surface area contributed by atoms with Gasteiger partial charge in [0.2, 0.25) is 0 Å². The average Bonchev–Trinajstić information content (AvgIpc) is 3.33. The normalized spacial score (nSPS) is 10.9. The molecule has 2 aromatic heterocycles. The first-order chi connectivity index (χ1) is 13.7. The van der Waals surface area contributed by atoms with Crippen molar-refractivity contribution in [3.05, 3.63) is 87.7 Å². The number of aromatic nitrogens is 1. The van der Waals surface area contributed by atoms with Crippen LogP contribution < -0.4 is 10.1 Å². The minimum atomic E-state index is -0.0542. The molecule has 4 nitrogen and oxygen atoms in total. The monoisotopic (exact) mass is 390 g/mol. The Morgan fingerprint density at radius 3 is 2.75 bits per heavy atom. The van der Waals surface area contributed by atoms with E-state index in [1.54, 1.807) is 18.4 Å². The van der Waals surface area contributed by atoms with Crippen molar-refractivity contribution in [2.75, 3.05) is 7.11 Å². The Morgan fingerprint density at radius 1 is 1.11 bits per heavy atom. The number of hydrogen-bond acceptors (Lipinski definition) is 3. The molecule has 0 spiro atoms. The van der Waals surface area contributed by atoms with Crippen molar-refractivity contribution >= 4 is 28.1 Å². The van der Waals surface area contributed by atoms with E-state index in [-0.39, 0.29) is 5.91 Å². The summed E-state index contributed by atoms with van der Waals surface area (Å²) in [7, 11) is 1.64. The third kappa shape index (κ3) is 3.53. The number of para-hydroxylation sites is 1. The van der Waals surface area contributed by atoms with Gasteiger partial charge in [0.1, 0.15) is 5.75 Å². The first kappa shape index (κ1) is 18.3. The van der Waals surface area contributed by atoms with Crippen molar-refractivity contribution in [3.63, 3.8) is 0 Å². The summed E-state index contributed by atoms with van der Waals surface area (Å²) >= 11 is 1.73. The number of carbonyl (C=O) groups is 1. The zero-order valence-corrected chi connectivity index (χ0v) is 16.8. The summed E-state index contributed by atoms with van der Waals surface area (Å²) in [6.45, 7) is 3.25. The maximum atomic E-state index is 13.1. The van der Waals surface area contributed by atoms with Gasteiger partial charge in [0, 0.05) is 28.0 Å². The molecule has 0 bridgehead atoms. The van der Waals surface area contributed by atoms with Gasteiger partial charge >= 0.3 is 0 Å². The topological polar surface area (TPSA) is 43.3 Å². The summed E-state index contributed by atoms with van der Waals surface area (Å²) in [5, 5.41) is 6.13. The van der Waals surface area contributed by atoms with Crippen molar-refractivity contribution in [2.24, 2.45) is 0 Å². The van der Waals surface area contributed by atoms with E-state index in [4.69, 9.17) is 4.74 Å². The minimum absolute atomic E-state index is 0.0542. The third-order valence-electron chi connectivity index (χ3n) is 4.94. The SMILES string of the molecule is COc1cccc(CNC(=O)c2c(C)n(Cc3cccs3)c3ccccc23)c1. The Hall–Kier alpha value is -3.05. The van der Waals surface area contributed by atoms with Crippen LogP contribution in [0.25, 0.3) is 10.9 Å². The zero-order chi connectivity index (χ0) is 19.5. The second kappa shape index (κ2) is 7.90. The molecule has 0 saturated heterocycles. The molecule has 2 aromatic carbocycles. The molecule has 0 aliphatic rings. The maximum Gasteiger partial charge on any atom is 0.254 e. The van der Waals surface area contributed by atoms with Gasteiger partial charge in [0.25, 0.3) is 5.91 Å². The number of ether oxygens (including phenoxy) is 1. The molecule has 0 atom stereocenters. The second-order valence-corrected chi connectivity index (χ2v) is 7.71. The quantitative estimate of drug-likeness (QED) is 0.504. The Labute approximate surface area is 168 Å². The first-order valence-electron chi connectivity index (χ1n) is 9.18. The van der Waals surface area contributed by atoms with Crippen LogP contribution in [0.1, 0.15) is 26.5 Å². The fourth-order valence-corrected chi connectivity index (χ4v) is 4.23. The van der Waals surface area contributed by atoms with Crippen LogP contribution in [0.3, 0.4) is 0 Å². The van der Waals surface area contributed by atoms with E-state index in [1.807, 2.05) is 49.4 Å². The average molecular weight is 391 g/mol. The molecule has 142 valence electrons. The summed E-state index contributed by atoms with van der Waals surface area (Å²) in [4.78, 5) is 14.3. The predicted octanol–water partition coefficient (Wildman–Crippen LogP) is 5.00. The maximum absolute atomic E-state index is 13.1. The number of benzene rings is 2. The van der Waals surface area contributed by atoms with Crippen LogP contribution in [0.5, 0.6) is 5.75 Å². The number of methoxy groups -OCH3 is 1. The Kier molecular flexibility index (Phi) is 5.17. The minimum Gasteiger partial charge on any atom is -0.497 e.